The summed E-state index contributed by atoms with van der Waals surface area (Å²) in [7, 11) is 0. The van der Waals surface area contributed by atoms with Gasteiger partial charge in [-0.2, -0.15) is 0 Å². The number of carbonyl (C=O) groups is 1. The molecule has 0 aliphatic heterocycles. The largest absolute Gasteiger partial charge is 0.481 e. The van der Waals surface area contributed by atoms with Gasteiger partial charge < -0.3 is 10.1 Å². The van der Waals surface area contributed by atoms with Crippen molar-refractivity contribution in [3.05, 3.63) is 63.7 Å². The smallest absolute Gasteiger partial charge is 0.269 e. The lowest BCUT2D eigenvalue weighted by Gasteiger charge is -2.17. The van der Waals surface area contributed by atoms with Gasteiger partial charge in [-0.05, 0) is 44.0 Å². The molecule has 0 saturated carbocycles. The fourth-order valence-electron chi connectivity index (χ4n) is 2.14. The second-order valence-electron chi connectivity index (χ2n) is 5.27. The van der Waals surface area contributed by atoms with Gasteiger partial charge in [-0.25, -0.2) is 0 Å². The summed E-state index contributed by atoms with van der Waals surface area (Å²) >= 11 is 0. The number of nitro groups is 1. The van der Waals surface area contributed by atoms with Crippen molar-refractivity contribution in [2.45, 2.75) is 26.9 Å². The van der Waals surface area contributed by atoms with Crippen LogP contribution >= 0.6 is 0 Å². The minimum Gasteiger partial charge on any atom is -0.481 e. The molecular weight excluding hydrogens is 296 g/mol. The molecule has 6 heteroatoms. The molecular formula is C17H18N2O4. The highest BCUT2D eigenvalue weighted by atomic mass is 16.6. The highest BCUT2D eigenvalue weighted by Gasteiger charge is 2.17. The summed E-state index contributed by atoms with van der Waals surface area (Å²) in [5.74, 6) is 0.125. The van der Waals surface area contributed by atoms with E-state index in [1.54, 1.807) is 6.92 Å². The molecule has 0 aromatic heterocycles. The first-order valence-electron chi connectivity index (χ1n) is 7.16. The fraction of sp³-hybridized carbons (Fsp3) is 0.235. The van der Waals surface area contributed by atoms with Crippen LogP contribution in [0, 0.1) is 24.0 Å². The van der Waals surface area contributed by atoms with E-state index in [2.05, 4.69) is 5.32 Å². The number of ether oxygens (including phenoxy) is 1. The summed E-state index contributed by atoms with van der Waals surface area (Å²) in [6, 6.07) is 11.4. The molecule has 2 aromatic carbocycles. The third kappa shape index (κ3) is 4.06. The van der Waals surface area contributed by atoms with E-state index in [0.717, 1.165) is 16.8 Å². The predicted molar refractivity (Wildman–Crippen MR) is 87.7 cm³/mol. The van der Waals surface area contributed by atoms with Crippen LogP contribution < -0.4 is 10.1 Å². The number of hydrogen-bond donors (Lipinski definition) is 1. The van der Waals surface area contributed by atoms with E-state index in [9.17, 15) is 14.9 Å². The van der Waals surface area contributed by atoms with Gasteiger partial charge in [0, 0.05) is 17.8 Å². The summed E-state index contributed by atoms with van der Waals surface area (Å²) in [5.41, 5.74) is 2.70. The van der Waals surface area contributed by atoms with Gasteiger partial charge >= 0.3 is 0 Å². The number of nitrogens with zero attached hydrogens (tertiary/aromatic N) is 1. The molecule has 0 heterocycles. The maximum absolute atomic E-state index is 12.3. The second kappa shape index (κ2) is 6.91. The van der Waals surface area contributed by atoms with Crippen LogP contribution in [0.15, 0.2) is 42.5 Å². The van der Waals surface area contributed by atoms with Crippen LogP contribution in [0.25, 0.3) is 0 Å². The number of carbonyl (C=O) groups excluding carboxylic acids is 1. The Hall–Kier alpha value is -2.89. The third-order valence-electron chi connectivity index (χ3n) is 3.46. The number of benzene rings is 2. The first kappa shape index (κ1) is 16.5. The van der Waals surface area contributed by atoms with Crippen molar-refractivity contribution in [1.29, 1.82) is 0 Å². The molecule has 0 fully saturated rings. The number of para-hydroxylation sites is 1. The second-order valence-corrected chi connectivity index (χ2v) is 5.27. The number of hydrogen-bond acceptors (Lipinski definition) is 4. The van der Waals surface area contributed by atoms with Crippen LogP contribution in [0.2, 0.25) is 0 Å². The molecule has 2 aromatic rings. The highest BCUT2D eigenvalue weighted by Crippen LogP contribution is 2.21. The zero-order chi connectivity index (χ0) is 17.0. The molecule has 0 aliphatic carbocycles. The quantitative estimate of drug-likeness (QED) is 0.675. The zero-order valence-corrected chi connectivity index (χ0v) is 13.2. The van der Waals surface area contributed by atoms with Gasteiger partial charge in [0.2, 0.25) is 0 Å². The van der Waals surface area contributed by atoms with Gasteiger partial charge in [-0.15, -0.1) is 0 Å². The van der Waals surface area contributed by atoms with E-state index in [-0.39, 0.29) is 11.6 Å². The Morgan fingerprint density at radius 1 is 1.13 bits per heavy atom. The van der Waals surface area contributed by atoms with Crippen molar-refractivity contribution in [1.82, 2.24) is 0 Å². The van der Waals surface area contributed by atoms with Crippen molar-refractivity contribution in [3.8, 4) is 5.75 Å². The number of nitro benzene ring substituents is 1. The minimum atomic E-state index is -0.726. The minimum absolute atomic E-state index is 0.0232. The van der Waals surface area contributed by atoms with Gasteiger partial charge in [0.05, 0.1) is 4.92 Å². The van der Waals surface area contributed by atoms with Crippen molar-refractivity contribution in [2.75, 3.05) is 5.32 Å². The van der Waals surface area contributed by atoms with Crippen LogP contribution in [-0.2, 0) is 4.79 Å². The molecule has 0 spiro atoms. The number of non-ortho nitro benzene ring substituents is 1. The molecule has 0 aliphatic rings. The normalized spacial score (nSPS) is 11.6. The summed E-state index contributed by atoms with van der Waals surface area (Å²) in [5, 5.41) is 13.5. The molecule has 2 rings (SSSR count). The average molecular weight is 314 g/mol. The third-order valence-corrected chi connectivity index (χ3v) is 3.46. The number of rotatable bonds is 5. The molecule has 1 amide bonds. The molecule has 1 atom stereocenters. The van der Waals surface area contributed by atoms with Gasteiger partial charge in [0.15, 0.2) is 6.10 Å². The molecule has 6 nitrogen and oxygen atoms in total. The zero-order valence-electron chi connectivity index (χ0n) is 13.2. The van der Waals surface area contributed by atoms with Crippen LogP contribution in [0.5, 0.6) is 5.75 Å². The molecule has 23 heavy (non-hydrogen) atoms. The van der Waals surface area contributed by atoms with Gasteiger partial charge in [-0.3, -0.25) is 14.9 Å². The van der Waals surface area contributed by atoms with Crippen molar-refractivity contribution in [2.24, 2.45) is 0 Å². The molecule has 0 radical (unpaired) electrons. The average Bonchev–Trinajstić information content (AvgIpc) is 2.51. The first-order valence-corrected chi connectivity index (χ1v) is 7.16. The summed E-state index contributed by atoms with van der Waals surface area (Å²) in [6.07, 6.45) is -0.726. The topological polar surface area (TPSA) is 81.5 Å². The lowest BCUT2D eigenvalue weighted by atomic mass is 10.1. The molecule has 0 bridgehead atoms. The summed E-state index contributed by atoms with van der Waals surface area (Å²) < 4.78 is 5.53. The number of nitrogens with one attached hydrogen (secondary N) is 1. The van der Waals surface area contributed by atoms with Gasteiger partial charge in [0.1, 0.15) is 5.75 Å². The van der Waals surface area contributed by atoms with E-state index in [1.807, 2.05) is 32.0 Å². The monoisotopic (exact) mass is 314 g/mol. The van der Waals surface area contributed by atoms with E-state index < -0.39 is 11.0 Å². The molecule has 0 saturated heterocycles. The maximum atomic E-state index is 12.3. The standard InChI is InChI=1S/C17H18N2O4/c1-11-5-4-6-12(2)16(11)18-17(20)13(3)23-15-9-7-14(8-10-15)19(21)22/h4-10,13H,1-3H3,(H,18,20)/t13-/m0/s1. The van der Waals surface area contributed by atoms with E-state index >= 15 is 0 Å². The van der Waals surface area contributed by atoms with Crippen LogP contribution in [0.3, 0.4) is 0 Å². The Morgan fingerprint density at radius 2 is 1.70 bits per heavy atom. The Bertz CT molecular complexity index is 706. The SMILES string of the molecule is Cc1cccc(C)c1NC(=O)[C@H](C)Oc1ccc([N+](=O)[O-])cc1. The van der Waals surface area contributed by atoms with E-state index in [4.69, 9.17) is 4.74 Å². The van der Waals surface area contributed by atoms with Gasteiger partial charge in [0.25, 0.3) is 11.6 Å². The van der Waals surface area contributed by atoms with Crippen molar-refractivity contribution < 1.29 is 14.5 Å². The summed E-state index contributed by atoms with van der Waals surface area (Å²) in [6.45, 7) is 5.47. The number of aryl methyl sites for hydroxylation is 2. The van der Waals surface area contributed by atoms with Crippen LogP contribution in [-0.4, -0.2) is 16.9 Å². The predicted octanol–water partition coefficient (Wildman–Crippen LogP) is 3.62. The summed E-state index contributed by atoms with van der Waals surface area (Å²) in [4.78, 5) is 22.4. The number of anilines is 1. The number of amides is 1. The molecule has 120 valence electrons. The Kier molecular flexibility index (Phi) is 4.95. The Labute approximate surface area is 134 Å². The first-order chi connectivity index (χ1) is 10.9. The highest BCUT2D eigenvalue weighted by molar-refractivity contribution is 5.95. The lowest BCUT2D eigenvalue weighted by molar-refractivity contribution is -0.384. The van der Waals surface area contributed by atoms with Crippen LogP contribution in [0.4, 0.5) is 11.4 Å². The maximum Gasteiger partial charge on any atom is 0.269 e. The Balaban J connectivity index is 2.04. The van der Waals surface area contributed by atoms with Gasteiger partial charge in [-0.1, -0.05) is 18.2 Å². The fourth-order valence-corrected chi connectivity index (χ4v) is 2.14. The van der Waals surface area contributed by atoms with Crippen molar-refractivity contribution in [3.63, 3.8) is 0 Å². The molecule has 1 N–H and O–H groups in total. The van der Waals surface area contributed by atoms with Crippen LogP contribution in [0.1, 0.15) is 18.1 Å². The van der Waals surface area contributed by atoms with Crippen molar-refractivity contribution >= 4 is 17.3 Å². The molecule has 0 unspecified atom stereocenters. The lowest BCUT2D eigenvalue weighted by Crippen LogP contribution is -2.30. The Morgan fingerprint density at radius 3 is 2.22 bits per heavy atom. The van der Waals surface area contributed by atoms with E-state index in [1.165, 1.54) is 24.3 Å². The van der Waals surface area contributed by atoms with E-state index in [0.29, 0.717) is 5.75 Å².